The van der Waals surface area contributed by atoms with Crippen LogP contribution in [0.4, 0.5) is 0 Å². The molecule has 0 aromatic rings. The zero-order valence-corrected chi connectivity index (χ0v) is 8.95. The lowest BCUT2D eigenvalue weighted by atomic mass is 9.90. The van der Waals surface area contributed by atoms with E-state index in [0.29, 0.717) is 29.7 Å². The Morgan fingerprint density at radius 1 is 1.00 bits per heavy atom. The Morgan fingerprint density at radius 2 is 1.62 bits per heavy atom. The van der Waals surface area contributed by atoms with Crippen LogP contribution < -0.4 is 5.73 Å². The highest BCUT2D eigenvalue weighted by Crippen LogP contribution is 2.27. The molecule has 1 rings (SSSR count). The lowest BCUT2D eigenvalue weighted by molar-refractivity contribution is 0.656. The summed E-state index contributed by atoms with van der Waals surface area (Å²) in [5, 5.41) is 26.7. The fraction of sp³-hybridized carbons (Fsp3) is 0.417. The van der Waals surface area contributed by atoms with Crippen LogP contribution in [0.3, 0.4) is 0 Å². The molecule has 0 atom stereocenters. The number of hydrogen-bond donors (Lipinski definition) is 1. The van der Waals surface area contributed by atoms with Crippen molar-refractivity contribution in [2.75, 3.05) is 0 Å². The molecule has 0 spiro atoms. The second kappa shape index (κ2) is 5.59. The Bertz CT molecular complexity index is 447. The highest BCUT2D eigenvalue weighted by molar-refractivity contribution is 5.55. The molecule has 0 bridgehead atoms. The zero-order valence-electron chi connectivity index (χ0n) is 8.95. The summed E-state index contributed by atoms with van der Waals surface area (Å²) in [6.07, 6.45) is 4.10. The van der Waals surface area contributed by atoms with Crippen LogP contribution in [0.2, 0.25) is 0 Å². The summed E-state index contributed by atoms with van der Waals surface area (Å²) in [5.74, 6) is 0. The quantitative estimate of drug-likeness (QED) is 0.621. The van der Waals surface area contributed by atoms with Crippen molar-refractivity contribution in [3.8, 4) is 18.2 Å². The second-order valence-corrected chi connectivity index (χ2v) is 3.65. The SMILES string of the molecule is N#CC(C#N)=C1CCCCCC(N)=C1C#N. The highest BCUT2D eigenvalue weighted by Gasteiger charge is 2.16. The summed E-state index contributed by atoms with van der Waals surface area (Å²) in [6.45, 7) is 0. The minimum absolute atomic E-state index is 0.0152. The monoisotopic (exact) mass is 212 g/mol. The molecule has 0 aliphatic heterocycles. The maximum absolute atomic E-state index is 9.05. The van der Waals surface area contributed by atoms with E-state index in [2.05, 4.69) is 0 Å². The lowest BCUT2D eigenvalue weighted by Gasteiger charge is -2.13. The Kier molecular flexibility index (Phi) is 4.13. The van der Waals surface area contributed by atoms with Crippen LogP contribution in [0, 0.1) is 34.0 Å². The Balaban J connectivity index is 3.34. The van der Waals surface area contributed by atoms with Gasteiger partial charge in [0.25, 0.3) is 0 Å². The van der Waals surface area contributed by atoms with Gasteiger partial charge in [-0.2, -0.15) is 15.8 Å². The summed E-state index contributed by atoms with van der Waals surface area (Å²) in [6, 6.07) is 5.68. The Labute approximate surface area is 94.9 Å². The maximum atomic E-state index is 9.05. The molecule has 0 aromatic carbocycles. The molecule has 0 unspecified atom stereocenters. The van der Waals surface area contributed by atoms with Crippen LogP contribution in [0.1, 0.15) is 32.1 Å². The number of hydrogen-bond acceptors (Lipinski definition) is 4. The molecular weight excluding hydrogens is 200 g/mol. The number of allylic oxidation sites excluding steroid dienone is 4. The normalized spacial score (nSPS) is 16.4. The van der Waals surface area contributed by atoms with Crippen LogP contribution in [-0.2, 0) is 0 Å². The average Bonchev–Trinajstić information content (AvgIpc) is 2.27. The average molecular weight is 212 g/mol. The smallest absolute Gasteiger partial charge is 0.134 e. The molecule has 0 radical (unpaired) electrons. The molecule has 0 fully saturated rings. The van der Waals surface area contributed by atoms with Crippen molar-refractivity contribution < 1.29 is 0 Å². The fourth-order valence-electron chi connectivity index (χ4n) is 1.79. The van der Waals surface area contributed by atoms with Gasteiger partial charge in [0.2, 0.25) is 0 Å². The topological polar surface area (TPSA) is 97.4 Å². The minimum atomic E-state index is 0.0152. The number of nitrogens with two attached hydrogens (primary N) is 1. The molecule has 80 valence electrons. The van der Waals surface area contributed by atoms with Gasteiger partial charge >= 0.3 is 0 Å². The third kappa shape index (κ3) is 2.41. The molecule has 4 nitrogen and oxygen atoms in total. The molecule has 4 heteroatoms. The van der Waals surface area contributed by atoms with Crippen molar-refractivity contribution in [3.05, 3.63) is 22.4 Å². The predicted molar refractivity (Wildman–Crippen MR) is 58.2 cm³/mol. The molecule has 0 aromatic heterocycles. The molecule has 0 heterocycles. The predicted octanol–water partition coefficient (Wildman–Crippen LogP) is 2.03. The molecule has 2 N–H and O–H groups in total. The number of nitriles is 3. The third-order valence-electron chi connectivity index (χ3n) is 2.63. The first kappa shape index (κ1) is 11.8. The van der Waals surface area contributed by atoms with Gasteiger partial charge in [0.15, 0.2) is 0 Å². The van der Waals surface area contributed by atoms with E-state index in [9.17, 15) is 0 Å². The third-order valence-corrected chi connectivity index (χ3v) is 2.63. The molecule has 0 saturated carbocycles. The Morgan fingerprint density at radius 3 is 2.19 bits per heavy atom. The van der Waals surface area contributed by atoms with Gasteiger partial charge in [-0.15, -0.1) is 0 Å². The number of rotatable bonds is 0. The van der Waals surface area contributed by atoms with E-state index in [0.717, 1.165) is 19.3 Å². The first-order valence-corrected chi connectivity index (χ1v) is 5.17. The lowest BCUT2D eigenvalue weighted by Crippen LogP contribution is -2.08. The van der Waals surface area contributed by atoms with Crippen LogP contribution in [0.5, 0.6) is 0 Å². The van der Waals surface area contributed by atoms with Crippen LogP contribution >= 0.6 is 0 Å². The van der Waals surface area contributed by atoms with Gasteiger partial charge in [-0.3, -0.25) is 0 Å². The molecule has 0 saturated heterocycles. The van der Waals surface area contributed by atoms with Gasteiger partial charge < -0.3 is 5.73 Å². The molecule has 16 heavy (non-hydrogen) atoms. The summed E-state index contributed by atoms with van der Waals surface area (Å²) in [4.78, 5) is 0. The highest BCUT2D eigenvalue weighted by atomic mass is 14.6. The summed E-state index contributed by atoms with van der Waals surface area (Å²) in [7, 11) is 0. The van der Waals surface area contributed by atoms with Crippen molar-refractivity contribution in [2.24, 2.45) is 5.73 Å². The molecule has 0 amide bonds. The van der Waals surface area contributed by atoms with E-state index in [1.54, 1.807) is 0 Å². The van der Waals surface area contributed by atoms with Gasteiger partial charge in [0.05, 0.1) is 5.57 Å². The van der Waals surface area contributed by atoms with Crippen LogP contribution in [-0.4, -0.2) is 0 Å². The van der Waals surface area contributed by atoms with Gasteiger partial charge in [0.1, 0.15) is 23.8 Å². The van der Waals surface area contributed by atoms with Crippen molar-refractivity contribution >= 4 is 0 Å². The van der Waals surface area contributed by atoms with Crippen LogP contribution in [0.25, 0.3) is 0 Å². The van der Waals surface area contributed by atoms with Gasteiger partial charge in [-0.05, 0) is 25.7 Å². The first-order valence-electron chi connectivity index (χ1n) is 5.17. The molecular formula is C12H12N4. The van der Waals surface area contributed by atoms with E-state index in [4.69, 9.17) is 21.5 Å². The molecule has 1 aliphatic rings. The second-order valence-electron chi connectivity index (χ2n) is 3.65. The summed E-state index contributed by atoms with van der Waals surface area (Å²) in [5.41, 5.74) is 7.17. The standard InChI is InChI=1S/C12H12N4/c13-6-9(7-14)10-4-2-1-3-5-12(16)11(10)8-15/h1-5,16H2. The van der Waals surface area contributed by atoms with Crippen molar-refractivity contribution in [2.45, 2.75) is 32.1 Å². The molecule has 1 aliphatic carbocycles. The van der Waals surface area contributed by atoms with E-state index in [1.807, 2.05) is 18.2 Å². The largest absolute Gasteiger partial charge is 0.401 e. The first-order chi connectivity index (χ1) is 7.74. The van der Waals surface area contributed by atoms with Crippen molar-refractivity contribution in [1.29, 1.82) is 15.8 Å². The summed E-state index contributed by atoms with van der Waals surface area (Å²) >= 11 is 0. The Hall–Kier alpha value is -2.25. The summed E-state index contributed by atoms with van der Waals surface area (Å²) < 4.78 is 0. The van der Waals surface area contributed by atoms with E-state index < -0.39 is 0 Å². The van der Waals surface area contributed by atoms with Gasteiger partial charge in [-0.25, -0.2) is 0 Å². The van der Waals surface area contributed by atoms with E-state index >= 15 is 0 Å². The van der Waals surface area contributed by atoms with Crippen molar-refractivity contribution in [3.63, 3.8) is 0 Å². The minimum Gasteiger partial charge on any atom is -0.401 e. The fourth-order valence-corrected chi connectivity index (χ4v) is 1.79. The van der Waals surface area contributed by atoms with Crippen molar-refractivity contribution in [1.82, 2.24) is 0 Å². The van der Waals surface area contributed by atoms with E-state index in [-0.39, 0.29) is 5.57 Å². The van der Waals surface area contributed by atoms with Crippen LogP contribution in [0.15, 0.2) is 22.4 Å². The number of nitrogens with zero attached hydrogens (tertiary/aromatic N) is 3. The zero-order chi connectivity index (χ0) is 12.0. The van der Waals surface area contributed by atoms with Gasteiger partial charge in [-0.1, -0.05) is 6.42 Å². The van der Waals surface area contributed by atoms with Gasteiger partial charge in [0, 0.05) is 11.3 Å². The maximum Gasteiger partial charge on any atom is 0.134 e. The van der Waals surface area contributed by atoms with E-state index in [1.165, 1.54) is 0 Å².